The predicted octanol–water partition coefficient (Wildman–Crippen LogP) is 2.12. The normalized spacial score (nSPS) is 10.6. The van der Waals surface area contributed by atoms with Crippen LogP contribution < -0.4 is 10.0 Å². The lowest BCUT2D eigenvalue weighted by atomic mass is 10.2. The number of carboxylic acid groups (broad SMARTS) is 1. The fourth-order valence-corrected chi connectivity index (χ4v) is 2.39. The van der Waals surface area contributed by atoms with Gasteiger partial charge in [-0.1, -0.05) is 11.6 Å². The van der Waals surface area contributed by atoms with Gasteiger partial charge in [-0.2, -0.15) is 4.37 Å². The molecule has 0 aliphatic rings. The summed E-state index contributed by atoms with van der Waals surface area (Å²) in [5.41, 5.74) is 0. The summed E-state index contributed by atoms with van der Waals surface area (Å²) in [4.78, 5) is 12.0. The second-order valence-corrected chi connectivity index (χ2v) is 4.40. The molecule has 0 aliphatic heterocycles. The minimum atomic E-state index is -1.25. The first-order valence-electron chi connectivity index (χ1n) is 4.67. The average molecular weight is 256 g/mol. The van der Waals surface area contributed by atoms with Crippen molar-refractivity contribution in [1.82, 2.24) is 4.37 Å². The molecule has 0 N–H and O–H groups in total. The number of anilines is 1. The maximum absolute atomic E-state index is 10.9. The van der Waals surface area contributed by atoms with Crippen molar-refractivity contribution in [1.29, 1.82) is 0 Å². The standard InChI is InChI=1S/C10H9ClN2O2S/c1-2-13(10(14)15)9-7-5-6(11)3-4-8(7)16-12-9/h3-5H,2H2,1H3,(H,14,15)/p-1. The molecule has 1 aromatic carbocycles. The van der Waals surface area contributed by atoms with Gasteiger partial charge in [0.15, 0.2) is 5.82 Å². The maximum atomic E-state index is 10.9. The number of carbonyl (C=O) groups is 1. The van der Waals surface area contributed by atoms with Crippen LogP contribution in [0.25, 0.3) is 10.1 Å². The lowest BCUT2D eigenvalue weighted by Gasteiger charge is -2.20. The first-order chi connectivity index (χ1) is 7.63. The zero-order valence-corrected chi connectivity index (χ0v) is 10.0. The van der Waals surface area contributed by atoms with Crippen LogP contribution in [0.5, 0.6) is 0 Å². The summed E-state index contributed by atoms with van der Waals surface area (Å²) in [6, 6.07) is 5.28. The lowest BCUT2D eigenvalue weighted by Crippen LogP contribution is -2.41. The highest BCUT2D eigenvalue weighted by Crippen LogP contribution is 2.31. The molecule has 1 heterocycles. The Morgan fingerprint density at radius 2 is 2.38 bits per heavy atom. The number of carbonyl (C=O) groups excluding carboxylic acids is 1. The second-order valence-electron chi connectivity index (χ2n) is 3.16. The average Bonchev–Trinajstić information content (AvgIpc) is 2.62. The third kappa shape index (κ3) is 1.83. The Hall–Kier alpha value is -1.33. The highest BCUT2D eigenvalue weighted by Gasteiger charge is 2.13. The fourth-order valence-electron chi connectivity index (χ4n) is 1.46. The van der Waals surface area contributed by atoms with Crippen LogP contribution in [-0.4, -0.2) is 17.0 Å². The summed E-state index contributed by atoms with van der Waals surface area (Å²) in [6.07, 6.45) is -1.25. The van der Waals surface area contributed by atoms with Crippen LogP contribution in [0.2, 0.25) is 5.02 Å². The number of nitrogens with zero attached hydrogens (tertiary/aromatic N) is 2. The van der Waals surface area contributed by atoms with E-state index in [0.29, 0.717) is 17.4 Å². The van der Waals surface area contributed by atoms with E-state index in [1.165, 1.54) is 11.5 Å². The van der Waals surface area contributed by atoms with E-state index < -0.39 is 6.09 Å². The number of aromatic nitrogens is 1. The van der Waals surface area contributed by atoms with Gasteiger partial charge in [-0.3, -0.25) is 0 Å². The van der Waals surface area contributed by atoms with Crippen LogP contribution in [-0.2, 0) is 0 Å². The molecule has 0 unspecified atom stereocenters. The van der Waals surface area contributed by atoms with E-state index in [1.807, 2.05) is 6.07 Å². The van der Waals surface area contributed by atoms with E-state index >= 15 is 0 Å². The van der Waals surface area contributed by atoms with Gasteiger partial charge in [0, 0.05) is 17.0 Å². The van der Waals surface area contributed by atoms with Crippen molar-refractivity contribution in [3.8, 4) is 0 Å². The number of hydrogen-bond donors (Lipinski definition) is 0. The molecule has 16 heavy (non-hydrogen) atoms. The Labute approximate surface area is 101 Å². The van der Waals surface area contributed by atoms with Gasteiger partial charge in [0.2, 0.25) is 0 Å². The molecule has 0 atom stereocenters. The molecule has 4 nitrogen and oxygen atoms in total. The topological polar surface area (TPSA) is 56.3 Å². The van der Waals surface area contributed by atoms with Crippen LogP contribution in [0.1, 0.15) is 6.92 Å². The zero-order chi connectivity index (χ0) is 11.7. The van der Waals surface area contributed by atoms with Crippen molar-refractivity contribution >= 4 is 45.1 Å². The van der Waals surface area contributed by atoms with E-state index in [-0.39, 0.29) is 0 Å². The van der Waals surface area contributed by atoms with Gasteiger partial charge in [-0.25, -0.2) is 0 Å². The Bertz CT molecular complexity index is 541. The number of amides is 1. The van der Waals surface area contributed by atoms with Crippen LogP contribution in [0.3, 0.4) is 0 Å². The van der Waals surface area contributed by atoms with E-state index in [9.17, 15) is 9.90 Å². The molecule has 0 radical (unpaired) electrons. The number of fused-ring (bicyclic) bond motifs is 1. The van der Waals surface area contributed by atoms with Crippen LogP contribution in [0.15, 0.2) is 18.2 Å². The van der Waals surface area contributed by atoms with Crippen LogP contribution in [0, 0.1) is 0 Å². The van der Waals surface area contributed by atoms with E-state index in [2.05, 4.69) is 4.37 Å². The molecule has 0 saturated heterocycles. The highest BCUT2D eigenvalue weighted by atomic mass is 35.5. The largest absolute Gasteiger partial charge is 0.530 e. The molecular formula is C10H8ClN2O2S-. The summed E-state index contributed by atoms with van der Waals surface area (Å²) < 4.78 is 5.02. The Morgan fingerprint density at radius 3 is 3.00 bits per heavy atom. The molecule has 0 fully saturated rings. The minimum absolute atomic E-state index is 0.299. The van der Waals surface area contributed by atoms with E-state index in [0.717, 1.165) is 15.0 Å². The van der Waals surface area contributed by atoms with Gasteiger partial charge in [0.25, 0.3) is 0 Å². The highest BCUT2D eigenvalue weighted by molar-refractivity contribution is 7.13. The first-order valence-corrected chi connectivity index (χ1v) is 5.82. The number of benzene rings is 1. The molecule has 2 rings (SSSR count). The van der Waals surface area contributed by atoms with Crippen molar-refractivity contribution in [2.75, 3.05) is 11.4 Å². The fraction of sp³-hybridized carbons (Fsp3) is 0.200. The smallest absolute Gasteiger partial charge is 0.155 e. The minimum Gasteiger partial charge on any atom is -0.530 e. The molecule has 0 spiro atoms. The molecule has 0 aliphatic carbocycles. The zero-order valence-electron chi connectivity index (χ0n) is 8.44. The molecule has 2 aromatic rings. The SMILES string of the molecule is CCN(C(=O)[O-])c1nsc2ccc(Cl)cc12. The van der Waals surface area contributed by atoms with Crippen molar-refractivity contribution in [3.63, 3.8) is 0 Å². The molecule has 1 aromatic heterocycles. The van der Waals surface area contributed by atoms with Gasteiger partial charge in [-0.15, -0.1) is 0 Å². The monoisotopic (exact) mass is 255 g/mol. The van der Waals surface area contributed by atoms with Gasteiger partial charge < -0.3 is 14.8 Å². The molecule has 6 heteroatoms. The van der Waals surface area contributed by atoms with Crippen molar-refractivity contribution in [2.24, 2.45) is 0 Å². The lowest BCUT2D eigenvalue weighted by molar-refractivity contribution is -0.246. The number of rotatable bonds is 2. The molecule has 1 amide bonds. The van der Waals surface area contributed by atoms with Gasteiger partial charge in [-0.05, 0) is 36.7 Å². The summed E-state index contributed by atoms with van der Waals surface area (Å²) in [5, 5.41) is 12.2. The summed E-state index contributed by atoms with van der Waals surface area (Å²) in [6.45, 7) is 2.03. The van der Waals surface area contributed by atoms with Gasteiger partial charge in [0.05, 0.1) is 4.70 Å². The Balaban J connectivity index is 2.59. The summed E-state index contributed by atoms with van der Waals surface area (Å²) in [7, 11) is 0. The van der Waals surface area contributed by atoms with Crippen molar-refractivity contribution < 1.29 is 9.90 Å². The Morgan fingerprint density at radius 1 is 1.62 bits per heavy atom. The summed E-state index contributed by atoms with van der Waals surface area (Å²) >= 11 is 7.11. The van der Waals surface area contributed by atoms with Gasteiger partial charge in [0.1, 0.15) is 6.09 Å². The van der Waals surface area contributed by atoms with Crippen LogP contribution in [0.4, 0.5) is 10.6 Å². The first kappa shape index (κ1) is 11.2. The molecule has 0 saturated carbocycles. The third-order valence-corrected chi connectivity index (χ3v) is 3.26. The molecule has 0 bridgehead atoms. The van der Waals surface area contributed by atoms with Crippen molar-refractivity contribution in [3.05, 3.63) is 23.2 Å². The quantitative estimate of drug-likeness (QED) is 0.826. The van der Waals surface area contributed by atoms with Crippen LogP contribution >= 0.6 is 23.1 Å². The third-order valence-electron chi connectivity index (χ3n) is 2.21. The number of hydrogen-bond acceptors (Lipinski definition) is 4. The predicted molar refractivity (Wildman–Crippen MR) is 63.0 cm³/mol. The van der Waals surface area contributed by atoms with E-state index in [4.69, 9.17) is 11.6 Å². The molecule has 84 valence electrons. The number of halogens is 1. The molecular weight excluding hydrogens is 248 g/mol. The Kier molecular flexibility index (Phi) is 2.98. The summed E-state index contributed by atoms with van der Waals surface area (Å²) in [5.74, 6) is 0.394. The second kappa shape index (κ2) is 4.27. The van der Waals surface area contributed by atoms with Crippen molar-refractivity contribution in [2.45, 2.75) is 6.92 Å². The van der Waals surface area contributed by atoms with E-state index in [1.54, 1.807) is 19.1 Å². The maximum Gasteiger partial charge on any atom is 0.155 e. The van der Waals surface area contributed by atoms with Gasteiger partial charge >= 0.3 is 0 Å².